The van der Waals surface area contributed by atoms with Crippen molar-refractivity contribution in [3.05, 3.63) is 87.1 Å². The molecular weight excluding hydrogens is 468 g/mol. The Morgan fingerprint density at radius 1 is 1.00 bits per heavy atom. The van der Waals surface area contributed by atoms with Gasteiger partial charge in [-0.2, -0.15) is 0 Å². The third-order valence-electron chi connectivity index (χ3n) is 5.80. The Labute approximate surface area is 210 Å². The normalized spacial score (nSPS) is 11.6. The highest BCUT2D eigenvalue weighted by Gasteiger charge is 2.26. The highest BCUT2D eigenvalue weighted by Crippen LogP contribution is 2.20. The number of carbonyl (C=O) groups excluding carboxylic acids is 2. The average Bonchev–Trinajstić information content (AvgIpc) is 3.25. The summed E-state index contributed by atoms with van der Waals surface area (Å²) in [6, 6.07) is 18.8. The van der Waals surface area contributed by atoms with Crippen LogP contribution in [0.2, 0.25) is 5.02 Å². The van der Waals surface area contributed by atoms with E-state index in [0.29, 0.717) is 23.9 Å². The standard InChI is InChI=1S/C27H31ClN2O3S/c1-4-21(3)30(27(32)19-33-24-12-10-23(28)11-13-24)18-26(31)29(16-22-8-6-5-7-9-22)17-25-20(2)14-15-34-25/h5-15,21H,4,16-19H2,1-3H3/t21-/m1/s1. The van der Waals surface area contributed by atoms with Crippen LogP contribution < -0.4 is 4.74 Å². The van der Waals surface area contributed by atoms with E-state index in [0.717, 1.165) is 16.9 Å². The molecular formula is C27H31ClN2O3S. The molecule has 0 aliphatic rings. The smallest absolute Gasteiger partial charge is 0.261 e. The zero-order valence-corrected chi connectivity index (χ0v) is 21.4. The van der Waals surface area contributed by atoms with Crippen LogP contribution in [0.5, 0.6) is 5.75 Å². The summed E-state index contributed by atoms with van der Waals surface area (Å²) in [6.07, 6.45) is 0.739. The lowest BCUT2D eigenvalue weighted by atomic mass is 10.2. The van der Waals surface area contributed by atoms with E-state index < -0.39 is 0 Å². The van der Waals surface area contributed by atoms with Crippen molar-refractivity contribution in [2.24, 2.45) is 0 Å². The molecule has 0 spiro atoms. The molecule has 1 heterocycles. The van der Waals surface area contributed by atoms with Gasteiger partial charge in [-0.1, -0.05) is 48.9 Å². The maximum Gasteiger partial charge on any atom is 0.261 e. The first-order valence-corrected chi connectivity index (χ1v) is 12.7. The number of carbonyl (C=O) groups is 2. The number of hydrogen-bond acceptors (Lipinski definition) is 4. The van der Waals surface area contributed by atoms with E-state index in [1.165, 1.54) is 5.56 Å². The number of thiophene rings is 1. The van der Waals surface area contributed by atoms with Gasteiger partial charge in [-0.15, -0.1) is 11.3 Å². The van der Waals surface area contributed by atoms with Crippen molar-refractivity contribution >= 4 is 34.8 Å². The van der Waals surface area contributed by atoms with E-state index in [1.807, 2.05) is 54.5 Å². The van der Waals surface area contributed by atoms with Gasteiger partial charge in [-0.05, 0) is 67.1 Å². The summed E-state index contributed by atoms with van der Waals surface area (Å²) in [5.41, 5.74) is 2.22. The number of aryl methyl sites for hydroxylation is 1. The number of benzene rings is 2. The van der Waals surface area contributed by atoms with Gasteiger partial charge in [0.15, 0.2) is 6.61 Å². The Balaban J connectivity index is 1.73. The number of ether oxygens (including phenoxy) is 1. The Morgan fingerprint density at radius 2 is 1.71 bits per heavy atom. The van der Waals surface area contributed by atoms with E-state index in [-0.39, 0.29) is 31.0 Å². The molecule has 180 valence electrons. The highest BCUT2D eigenvalue weighted by atomic mass is 35.5. The van der Waals surface area contributed by atoms with Crippen LogP contribution in [0, 0.1) is 6.92 Å². The third-order valence-corrected chi connectivity index (χ3v) is 7.06. The molecule has 0 radical (unpaired) electrons. The van der Waals surface area contributed by atoms with Gasteiger partial charge in [-0.3, -0.25) is 9.59 Å². The monoisotopic (exact) mass is 498 g/mol. The van der Waals surface area contributed by atoms with Crippen LogP contribution in [-0.4, -0.2) is 40.8 Å². The second-order valence-corrected chi connectivity index (χ2v) is 9.72. The summed E-state index contributed by atoms with van der Waals surface area (Å²) in [7, 11) is 0. The number of rotatable bonds is 11. The van der Waals surface area contributed by atoms with Gasteiger partial charge in [0.1, 0.15) is 12.3 Å². The van der Waals surface area contributed by atoms with Crippen molar-refractivity contribution in [1.29, 1.82) is 0 Å². The molecule has 1 atom stereocenters. The number of amides is 2. The summed E-state index contributed by atoms with van der Waals surface area (Å²) in [5.74, 6) is 0.258. The summed E-state index contributed by atoms with van der Waals surface area (Å²) >= 11 is 7.56. The third kappa shape index (κ3) is 7.34. The molecule has 0 saturated heterocycles. The molecule has 1 aromatic heterocycles. The SMILES string of the molecule is CC[C@@H](C)N(CC(=O)N(Cc1ccccc1)Cc1sccc1C)C(=O)COc1ccc(Cl)cc1. The molecule has 0 aliphatic heterocycles. The summed E-state index contributed by atoms with van der Waals surface area (Å²) < 4.78 is 5.66. The fourth-order valence-corrected chi connectivity index (χ4v) is 4.54. The highest BCUT2D eigenvalue weighted by molar-refractivity contribution is 7.10. The molecule has 3 aromatic rings. The molecule has 3 rings (SSSR count). The molecule has 34 heavy (non-hydrogen) atoms. The van der Waals surface area contributed by atoms with Crippen molar-refractivity contribution in [3.63, 3.8) is 0 Å². The first kappa shape index (κ1) is 25.8. The van der Waals surface area contributed by atoms with Crippen LogP contribution in [0.4, 0.5) is 0 Å². The minimum absolute atomic E-state index is 0.00900. The molecule has 0 aliphatic carbocycles. The van der Waals surface area contributed by atoms with E-state index >= 15 is 0 Å². The molecule has 0 unspecified atom stereocenters. The predicted octanol–water partition coefficient (Wildman–Crippen LogP) is 5.94. The topological polar surface area (TPSA) is 49.9 Å². The maximum atomic E-state index is 13.5. The first-order chi connectivity index (χ1) is 16.4. The van der Waals surface area contributed by atoms with Gasteiger partial charge in [0.25, 0.3) is 5.91 Å². The van der Waals surface area contributed by atoms with Gasteiger partial charge in [0.05, 0.1) is 6.54 Å². The second kappa shape index (κ2) is 12.6. The first-order valence-electron chi connectivity index (χ1n) is 11.4. The zero-order chi connectivity index (χ0) is 24.5. The van der Waals surface area contributed by atoms with Gasteiger partial charge in [0.2, 0.25) is 5.91 Å². The minimum atomic E-state index is -0.218. The quantitative estimate of drug-likeness (QED) is 0.328. The van der Waals surface area contributed by atoms with Gasteiger partial charge in [0, 0.05) is 22.5 Å². The van der Waals surface area contributed by atoms with Crippen molar-refractivity contribution in [2.75, 3.05) is 13.2 Å². The van der Waals surface area contributed by atoms with Crippen molar-refractivity contribution in [1.82, 2.24) is 9.80 Å². The van der Waals surface area contributed by atoms with Crippen molar-refractivity contribution in [2.45, 2.75) is 46.3 Å². The molecule has 0 fully saturated rings. The molecule has 0 N–H and O–H groups in total. The Hall–Kier alpha value is -2.83. The summed E-state index contributed by atoms with van der Waals surface area (Å²) in [6.45, 7) is 6.89. The number of hydrogen-bond donors (Lipinski definition) is 0. The van der Waals surface area contributed by atoms with Crippen LogP contribution in [0.1, 0.15) is 36.3 Å². The Kier molecular flexibility index (Phi) is 9.54. The maximum absolute atomic E-state index is 13.5. The lowest BCUT2D eigenvalue weighted by molar-refractivity contribution is -0.144. The van der Waals surface area contributed by atoms with Crippen LogP contribution in [0.3, 0.4) is 0 Å². The molecule has 5 nitrogen and oxygen atoms in total. The minimum Gasteiger partial charge on any atom is -0.484 e. The summed E-state index contributed by atoms with van der Waals surface area (Å²) in [5, 5.41) is 2.64. The van der Waals surface area contributed by atoms with Gasteiger partial charge in [-0.25, -0.2) is 0 Å². The molecule has 0 saturated carbocycles. The van der Waals surface area contributed by atoms with E-state index in [9.17, 15) is 9.59 Å². The van der Waals surface area contributed by atoms with Gasteiger partial charge >= 0.3 is 0 Å². The lowest BCUT2D eigenvalue weighted by Crippen LogP contribution is -2.47. The van der Waals surface area contributed by atoms with Crippen molar-refractivity contribution in [3.8, 4) is 5.75 Å². The fraction of sp³-hybridized carbons (Fsp3) is 0.333. The lowest BCUT2D eigenvalue weighted by Gasteiger charge is -2.31. The van der Waals surface area contributed by atoms with E-state index in [2.05, 4.69) is 13.0 Å². The van der Waals surface area contributed by atoms with Crippen molar-refractivity contribution < 1.29 is 14.3 Å². The molecule has 2 aromatic carbocycles. The predicted molar refractivity (Wildman–Crippen MR) is 138 cm³/mol. The van der Waals surface area contributed by atoms with E-state index in [1.54, 1.807) is 40.5 Å². The van der Waals surface area contributed by atoms with Crippen LogP contribution in [0.25, 0.3) is 0 Å². The van der Waals surface area contributed by atoms with Gasteiger partial charge < -0.3 is 14.5 Å². The largest absolute Gasteiger partial charge is 0.484 e. The van der Waals surface area contributed by atoms with Crippen LogP contribution in [0.15, 0.2) is 66.0 Å². The number of nitrogens with zero attached hydrogens (tertiary/aromatic N) is 2. The fourth-order valence-electron chi connectivity index (χ4n) is 3.49. The van der Waals surface area contributed by atoms with E-state index in [4.69, 9.17) is 16.3 Å². The average molecular weight is 499 g/mol. The number of halogens is 1. The molecule has 2 amide bonds. The summed E-state index contributed by atoms with van der Waals surface area (Å²) in [4.78, 5) is 31.2. The van der Waals surface area contributed by atoms with Crippen LogP contribution >= 0.6 is 22.9 Å². The van der Waals surface area contributed by atoms with Crippen LogP contribution in [-0.2, 0) is 22.7 Å². The Morgan fingerprint density at radius 3 is 2.32 bits per heavy atom. The Bertz CT molecular complexity index is 1070. The second-order valence-electron chi connectivity index (χ2n) is 8.28. The molecule has 7 heteroatoms. The zero-order valence-electron chi connectivity index (χ0n) is 19.9. The molecule has 0 bridgehead atoms.